The Hall–Kier alpha value is -1.62. The molecule has 1 aliphatic rings. The molecule has 0 aliphatic heterocycles. The maximum atomic E-state index is 11.8. The molecule has 1 saturated carbocycles. The van der Waals surface area contributed by atoms with Crippen LogP contribution in [0.25, 0.3) is 0 Å². The molecule has 0 unspecified atom stereocenters. The van der Waals surface area contributed by atoms with E-state index in [1.807, 2.05) is 0 Å². The van der Waals surface area contributed by atoms with Crippen LogP contribution in [0, 0.1) is 0 Å². The highest BCUT2D eigenvalue weighted by atomic mass is 16.1. The molecule has 1 aromatic heterocycles. The number of nitrogens with zero attached hydrogens (tertiary/aromatic N) is 2. The molecule has 1 fully saturated rings. The molecule has 0 radical (unpaired) electrons. The van der Waals surface area contributed by atoms with Crippen LogP contribution >= 0.6 is 0 Å². The van der Waals surface area contributed by atoms with Crippen LogP contribution in [0.4, 0.5) is 5.69 Å². The minimum absolute atomic E-state index is 0.153. The fourth-order valence-corrected chi connectivity index (χ4v) is 1.73. The fraction of sp³-hybridized carbons (Fsp3) is 0.500. The Balaban J connectivity index is 1.79. The number of anilines is 1. The number of nitrogen functional groups attached to an aromatic ring is 1. The Morgan fingerprint density at radius 2 is 2.41 bits per heavy atom. The molecule has 5 heteroatoms. The predicted molar refractivity (Wildman–Crippen MR) is 66.6 cm³/mol. The summed E-state index contributed by atoms with van der Waals surface area (Å²) >= 11 is 0. The number of rotatable bonds is 5. The van der Waals surface area contributed by atoms with Crippen molar-refractivity contribution in [3.8, 4) is 0 Å². The van der Waals surface area contributed by atoms with Gasteiger partial charge in [0.25, 0.3) is 5.91 Å². The van der Waals surface area contributed by atoms with Crippen molar-refractivity contribution >= 4 is 11.6 Å². The average molecular weight is 234 g/mol. The number of aromatic nitrogens is 1. The van der Waals surface area contributed by atoms with Crippen LogP contribution < -0.4 is 11.1 Å². The molecule has 0 atom stereocenters. The lowest BCUT2D eigenvalue weighted by Gasteiger charge is -2.15. The van der Waals surface area contributed by atoms with E-state index in [0.29, 0.717) is 17.8 Å². The molecule has 1 heterocycles. The van der Waals surface area contributed by atoms with Gasteiger partial charge in [-0.15, -0.1) is 0 Å². The first-order chi connectivity index (χ1) is 8.18. The highest BCUT2D eigenvalue weighted by Gasteiger charge is 2.25. The molecule has 3 N–H and O–H groups in total. The first kappa shape index (κ1) is 11.9. The molecule has 17 heavy (non-hydrogen) atoms. The molecule has 1 aromatic rings. The van der Waals surface area contributed by atoms with E-state index in [2.05, 4.69) is 22.2 Å². The maximum Gasteiger partial charge on any atom is 0.254 e. The summed E-state index contributed by atoms with van der Waals surface area (Å²) in [6.45, 7) is 1.51. The Bertz CT molecular complexity index is 403. The van der Waals surface area contributed by atoms with Gasteiger partial charge in [0.2, 0.25) is 0 Å². The van der Waals surface area contributed by atoms with Gasteiger partial charge in [-0.1, -0.05) is 0 Å². The molecule has 92 valence electrons. The van der Waals surface area contributed by atoms with Gasteiger partial charge in [0.1, 0.15) is 0 Å². The minimum Gasteiger partial charge on any atom is -0.398 e. The summed E-state index contributed by atoms with van der Waals surface area (Å²) in [7, 11) is 2.09. The largest absolute Gasteiger partial charge is 0.398 e. The number of pyridine rings is 1. The third kappa shape index (κ3) is 3.17. The molecule has 0 aromatic carbocycles. The van der Waals surface area contributed by atoms with E-state index in [1.165, 1.54) is 19.0 Å². The molecular formula is C12H18N4O. The quantitative estimate of drug-likeness (QED) is 0.777. The Morgan fingerprint density at radius 1 is 1.65 bits per heavy atom. The van der Waals surface area contributed by atoms with Crippen LogP contribution in [0.2, 0.25) is 0 Å². The lowest BCUT2D eigenvalue weighted by molar-refractivity contribution is 0.0950. The van der Waals surface area contributed by atoms with E-state index in [1.54, 1.807) is 12.3 Å². The van der Waals surface area contributed by atoms with Gasteiger partial charge in [-0.3, -0.25) is 9.78 Å². The summed E-state index contributed by atoms with van der Waals surface area (Å²) in [5, 5.41) is 2.85. The minimum atomic E-state index is -0.153. The van der Waals surface area contributed by atoms with Crippen molar-refractivity contribution in [2.75, 3.05) is 25.9 Å². The second-order valence-electron chi connectivity index (χ2n) is 4.43. The predicted octanol–water partition coefficient (Wildman–Crippen LogP) is 0.488. The smallest absolute Gasteiger partial charge is 0.254 e. The molecule has 5 nitrogen and oxygen atoms in total. The van der Waals surface area contributed by atoms with Crippen LogP contribution in [0.5, 0.6) is 0 Å². The average Bonchev–Trinajstić information content (AvgIpc) is 3.13. The molecule has 0 spiro atoms. The van der Waals surface area contributed by atoms with E-state index >= 15 is 0 Å². The number of likely N-dealkylation sites (N-methyl/N-ethyl adjacent to an activating group) is 1. The number of nitrogens with two attached hydrogens (primary N) is 1. The molecule has 1 aliphatic carbocycles. The number of carbonyl (C=O) groups is 1. The number of amides is 1. The number of carbonyl (C=O) groups excluding carboxylic acids is 1. The van der Waals surface area contributed by atoms with Gasteiger partial charge in [-0.25, -0.2) is 0 Å². The summed E-state index contributed by atoms with van der Waals surface area (Å²) in [5.41, 5.74) is 6.61. The zero-order valence-electron chi connectivity index (χ0n) is 10.0. The van der Waals surface area contributed by atoms with Crippen molar-refractivity contribution in [1.29, 1.82) is 0 Å². The molecule has 2 rings (SSSR count). The van der Waals surface area contributed by atoms with Crippen LogP contribution in [0.15, 0.2) is 18.5 Å². The monoisotopic (exact) mass is 234 g/mol. The van der Waals surface area contributed by atoms with Crippen molar-refractivity contribution in [2.24, 2.45) is 0 Å². The van der Waals surface area contributed by atoms with Crippen molar-refractivity contribution in [2.45, 2.75) is 18.9 Å². The highest BCUT2D eigenvalue weighted by molar-refractivity contribution is 5.98. The molecule has 1 amide bonds. The Kier molecular flexibility index (Phi) is 3.58. The van der Waals surface area contributed by atoms with Crippen LogP contribution in [-0.4, -0.2) is 42.0 Å². The lowest BCUT2D eigenvalue weighted by atomic mass is 10.2. The summed E-state index contributed by atoms with van der Waals surface area (Å²) in [6.07, 6.45) is 5.63. The van der Waals surface area contributed by atoms with Crippen molar-refractivity contribution in [1.82, 2.24) is 15.2 Å². The van der Waals surface area contributed by atoms with Gasteiger partial charge in [0.05, 0.1) is 5.56 Å². The van der Waals surface area contributed by atoms with Crippen molar-refractivity contribution < 1.29 is 4.79 Å². The van der Waals surface area contributed by atoms with Gasteiger partial charge >= 0.3 is 0 Å². The van der Waals surface area contributed by atoms with Gasteiger partial charge in [-0.05, 0) is 26.0 Å². The molecule has 0 bridgehead atoms. The van der Waals surface area contributed by atoms with E-state index in [4.69, 9.17) is 5.73 Å². The second-order valence-corrected chi connectivity index (χ2v) is 4.43. The summed E-state index contributed by atoms with van der Waals surface area (Å²) in [6, 6.07) is 2.35. The molecule has 0 saturated heterocycles. The zero-order valence-corrected chi connectivity index (χ0v) is 10.0. The summed E-state index contributed by atoms with van der Waals surface area (Å²) in [4.78, 5) is 18.0. The third-order valence-electron chi connectivity index (χ3n) is 3.02. The Labute approximate surface area is 101 Å². The van der Waals surface area contributed by atoms with Crippen molar-refractivity contribution in [3.63, 3.8) is 0 Å². The maximum absolute atomic E-state index is 11.8. The highest BCUT2D eigenvalue weighted by Crippen LogP contribution is 2.24. The number of nitrogens with one attached hydrogen (secondary N) is 1. The van der Waals surface area contributed by atoms with E-state index in [9.17, 15) is 4.79 Å². The van der Waals surface area contributed by atoms with E-state index in [0.717, 1.165) is 12.6 Å². The van der Waals surface area contributed by atoms with E-state index in [-0.39, 0.29) is 5.91 Å². The summed E-state index contributed by atoms with van der Waals surface area (Å²) < 4.78 is 0. The van der Waals surface area contributed by atoms with E-state index < -0.39 is 0 Å². The van der Waals surface area contributed by atoms with Crippen LogP contribution in [-0.2, 0) is 0 Å². The van der Waals surface area contributed by atoms with Crippen LogP contribution in [0.3, 0.4) is 0 Å². The summed E-state index contributed by atoms with van der Waals surface area (Å²) in [5.74, 6) is -0.153. The lowest BCUT2D eigenvalue weighted by Crippen LogP contribution is -2.34. The second kappa shape index (κ2) is 5.14. The fourth-order valence-electron chi connectivity index (χ4n) is 1.73. The topological polar surface area (TPSA) is 71.2 Å². The Morgan fingerprint density at radius 3 is 3.06 bits per heavy atom. The van der Waals surface area contributed by atoms with Crippen LogP contribution in [0.1, 0.15) is 23.2 Å². The SMILES string of the molecule is CN(CCNC(=O)c1cnccc1N)C1CC1. The normalized spacial score (nSPS) is 14.9. The first-order valence-electron chi connectivity index (χ1n) is 5.86. The number of hydrogen-bond donors (Lipinski definition) is 2. The van der Waals surface area contributed by atoms with Gasteiger partial charge in [-0.2, -0.15) is 0 Å². The third-order valence-corrected chi connectivity index (χ3v) is 3.02. The zero-order chi connectivity index (χ0) is 12.3. The standard InChI is InChI=1S/C12H18N4O/c1-16(9-2-3-9)7-6-15-12(17)10-8-14-5-4-11(10)13/h4-5,8-9H,2-3,6-7H2,1H3,(H2,13,14)(H,15,17). The molecular weight excluding hydrogens is 216 g/mol. The van der Waals surface area contributed by atoms with Gasteiger partial charge in [0.15, 0.2) is 0 Å². The van der Waals surface area contributed by atoms with Gasteiger partial charge < -0.3 is 16.0 Å². The first-order valence-corrected chi connectivity index (χ1v) is 5.86. The van der Waals surface area contributed by atoms with Crippen molar-refractivity contribution in [3.05, 3.63) is 24.0 Å². The number of hydrogen-bond acceptors (Lipinski definition) is 4. The van der Waals surface area contributed by atoms with Gasteiger partial charge in [0, 0.05) is 37.2 Å².